The highest BCUT2D eigenvalue weighted by Gasteiger charge is 2.29. The maximum Gasteiger partial charge on any atom is 0.315 e. The molecule has 2 amide bonds. The molecule has 6 nitrogen and oxygen atoms in total. The summed E-state index contributed by atoms with van der Waals surface area (Å²) in [6.07, 6.45) is 5.64. The number of nitrogens with zero attached hydrogens (tertiary/aromatic N) is 3. The van der Waals surface area contributed by atoms with Gasteiger partial charge in [0, 0.05) is 17.8 Å². The van der Waals surface area contributed by atoms with Crippen molar-refractivity contribution in [3.63, 3.8) is 0 Å². The lowest BCUT2D eigenvalue weighted by molar-refractivity contribution is 0.239. The topological polar surface area (TPSA) is 71.8 Å². The van der Waals surface area contributed by atoms with Crippen molar-refractivity contribution in [2.24, 2.45) is 0 Å². The largest absolute Gasteiger partial charge is 0.337 e. The highest BCUT2D eigenvalue weighted by atomic mass is 32.2. The Balaban J connectivity index is 1.41. The summed E-state index contributed by atoms with van der Waals surface area (Å²) < 4.78 is 1.97. The molecule has 0 aliphatic carbocycles. The fourth-order valence-electron chi connectivity index (χ4n) is 2.75. The zero-order valence-electron chi connectivity index (χ0n) is 13.9. The number of urea groups is 1. The van der Waals surface area contributed by atoms with Gasteiger partial charge in [-0.05, 0) is 36.6 Å². The van der Waals surface area contributed by atoms with Gasteiger partial charge in [-0.15, -0.1) is 0 Å². The Labute approximate surface area is 146 Å². The molecule has 1 aliphatic rings. The van der Waals surface area contributed by atoms with E-state index in [0.29, 0.717) is 13.1 Å². The van der Waals surface area contributed by atoms with Crippen LogP contribution in [0.5, 0.6) is 0 Å². The molecule has 128 valence electrons. The number of rotatable bonds is 6. The Bertz CT molecular complexity index is 650. The maximum absolute atomic E-state index is 11.9. The second kappa shape index (κ2) is 7.70. The summed E-state index contributed by atoms with van der Waals surface area (Å²) in [7, 11) is 0. The van der Waals surface area contributed by atoms with Gasteiger partial charge in [0.05, 0.1) is 6.54 Å². The minimum absolute atomic E-state index is 0.101. The number of carbonyl (C=O) groups is 1. The number of hydrogen-bond acceptors (Lipinski definition) is 4. The monoisotopic (exact) mass is 345 g/mol. The smallest absolute Gasteiger partial charge is 0.315 e. The summed E-state index contributed by atoms with van der Waals surface area (Å²) in [6, 6.07) is 8.05. The highest BCUT2D eigenvalue weighted by Crippen LogP contribution is 2.36. The molecule has 1 aliphatic heterocycles. The van der Waals surface area contributed by atoms with E-state index in [0.717, 1.165) is 17.7 Å². The average molecular weight is 345 g/mol. The predicted molar refractivity (Wildman–Crippen MR) is 95.9 cm³/mol. The molecule has 1 saturated heterocycles. The SMILES string of the molecule is C[C@@]1(CNC(=O)NCc2ccc(Cn3cncn3)cc2)CCCS1. The molecule has 2 heterocycles. The zero-order chi connectivity index (χ0) is 16.8. The van der Waals surface area contributed by atoms with Crippen molar-refractivity contribution in [2.75, 3.05) is 12.3 Å². The van der Waals surface area contributed by atoms with Gasteiger partial charge in [-0.3, -0.25) is 0 Å². The normalized spacial score (nSPS) is 20.0. The Morgan fingerprint density at radius 3 is 2.75 bits per heavy atom. The molecule has 7 heteroatoms. The second-order valence-corrected chi connectivity index (χ2v) is 8.03. The van der Waals surface area contributed by atoms with E-state index in [4.69, 9.17) is 0 Å². The second-order valence-electron chi connectivity index (χ2n) is 6.35. The summed E-state index contributed by atoms with van der Waals surface area (Å²) in [5, 5.41) is 10.00. The van der Waals surface area contributed by atoms with Crippen molar-refractivity contribution in [3.8, 4) is 0 Å². The van der Waals surface area contributed by atoms with Crippen LogP contribution in [0.1, 0.15) is 30.9 Å². The predicted octanol–water partition coefficient (Wildman–Crippen LogP) is 2.41. The lowest BCUT2D eigenvalue weighted by Gasteiger charge is -2.22. The highest BCUT2D eigenvalue weighted by molar-refractivity contribution is 8.00. The van der Waals surface area contributed by atoms with Crippen molar-refractivity contribution in [1.29, 1.82) is 0 Å². The van der Waals surface area contributed by atoms with Crippen LogP contribution < -0.4 is 10.6 Å². The van der Waals surface area contributed by atoms with Gasteiger partial charge < -0.3 is 10.6 Å². The Kier molecular flexibility index (Phi) is 5.40. The van der Waals surface area contributed by atoms with Crippen LogP contribution in [0, 0.1) is 0 Å². The van der Waals surface area contributed by atoms with Crippen molar-refractivity contribution >= 4 is 17.8 Å². The molecule has 1 fully saturated rings. The molecular weight excluding hydrogens is 322 g/mol. The quantitative estimate of drug-likeness (QED) is 0.843. The fourth-order valence-corrected chi connectivity index (χ4v) is 4.00. The van der Waals surface area contributed by atoms with Crippen molar-refractivity contribution in [1.82, 2.24) is 25.4 Å². The van der Waals surface area contributed by atoms with Crippen LogP contribution in [0.2, 0.25) is 0 Å². The molecule has 0 unspecified atom stereocenters. The number of thioether (sulfide) groups is 1. The molecule has 0 spiro atoms. The van der Waals surface area contributed by atoms with Crippen molar-refractivity contribution < 1.29 is 4.79 Å². The number of nitrogens with one attached hydrogen (secondary N) is 2. The number of aromatic nitrogens is 3. The molecule has 24 heavy (non-hydrogen) atoms. The van der Waals surface area contributed by atoms with Crippen LogP contribution in [0.4, 0.5) is 4.79 Å². The molecule has 0 saturated carbocycles. The van der Waals surface area contributed by atoms with Gasteiger partial charge in [-0.1, -0.05) is 24.3 Å². The van der Waals surface area contributed by atoms with E-state index in [1.54, 1.807) is 11.0 Å². The van der Waals surface area contributed by atoms with Gasteiger partial charge in [0.2, 0.25) is 0 Å². The number of carbonyl (C=O) groups excluding carboxylic acids is 1. The number of hydrogen-bond donors (Lipinski definition) is 2. The van der Waals surface area contributed by atoms with E-state index in [2.05, 4.69) is 27.6 Å². The molecule has 2 N–H and O–H groups in total. The fraction of sp³-hybridized carbons (Fsp3) is 0.471. The molecule has 2 aromatic rings. The maximum atomic E-state index is 11.9. The molecule has 1 atom stereocenters. The average Bonchev–Trinajstić information content (AvgIpc) is 3.25. The van der Waals surface area contributed by atoms with E-state index in [9.17, 15) is 4.79 Å². The van der Waals surface area contributed by atoms with Gasteiger partial charge in [-0.25, -0.2) is 14.5 Å². The van der Waals surface area contributed by atoms with Crippen LogP contribution in [-0.4, -0.2) is 37.8 Å². The van der Waals surface area contributed by atoms with Crippen LogP contribution in [0.25, 0.3) is 0 Å². The van der Waals surface area contributed by atoms with Gasteiger partial charge in [-0.2, -0.15) is 16.9 Å². The Morgan fingerprint density at radius 2 is 2.08 bits per heavy atom. The lowest BCUT2D eigenvalue weighted by atomic mass is 10.1. The number of amides is 2. The van der Waals surface area contributed by atoms with Gasteiger partial charge in [0.1, 0.15) is 12.7 Å². The first-order chi connectivity index (χ1) is 11.6. The summed E-state index contributed by atoms with van der Waals surface area (Å²) in [5.41, 5.74) is 2.23. The molecular formula is C17H23N5OS. The van der Waals surface area contributed by atoms with Crippen molar-refractivity contribution in [3.05, 3.63) is 48.0 Å². The molecule has 0 radical (unpaired) electrons. The molecule has 0 bridgehead atoms. The van der Waals surface area contributed by atoms with Crippen LogP contribution in [0.15, 0.2) is 36.9 Å². The van der Waals surface area contributed by atoms with E-state index in [1.807, 2.05) is 36.0 Å². The summed E-state index contributed by atoms with van der Waals surface area (Å²) in [6.45, 7) is 4.17. The third-order valence-corrected chi connectivity index (χ3v) is 5.75. The van der Waals surface area contributed by atoms with Crippen LogP contribution in [-0.2, 0) is 13.1 Å². The summed E-state index contributed by atoms with van der Waals surface area (Å²) in [4.78, 5) is 15.9. The van der Waals surface area contributed by atoms with Gasteiger partial charge >= 0.3 is 6.03 Å². The first-order valence-electron chi connectivity index (χ1n) is 8.19. The van der Waals surface area contributed by atoms with Gasteiger partial charge in [0.15, 0.2) is 0 Å². The molecule has 3 rings (SSSR count). The standard InChI is InChI=1S/C17H23N5OS/c1-17(7-2-8-24-17)11-20-16(23)19-9-14-3-5-15(6-4-14)10-22-13-18-12-21-22/h3-6,12-13H,2,7-11H2,1H3,(H2,19,20,23)/t17-/m0/s1. The Morgan fingerprint density at radius 1 is 1.29 bits per heavy atom. The van der Waals surface area contributed by atoms with E-state index in [-0.39, 0.29) is 10.8 Å². The Hall–Kier alpha value is -2.02. The van der Waals surface area contributed by atoms with Crippen molar-refractivity contribution in [2.45, 2.75) is 37.6 Å². The third kappa shape index (κ3) is 4.74. The lowest BCUT2D eigenvalue weighted by Crippen LogP contribution is -2.42. The zero-order valence-corrected chi connectivity index (χ0v) is 14.7. The molecule has 1 aromatic heterocycles. The van der Waals surface area contributed by atoms with E-state index < -0.39 is 0 Å². The van der Waals surface area contributed by atoms with E-state index >= 15 is 0 Å². The first kappa shape index (κ1) is 16.8. The van der Waals surface area contributed by atoms with Crippen LogP contribution >= 0.6 is 11.8 Å². The van der Waals surface area contributed by atoms with Crippen LogP contribution in [0.3, 0.4) is 0 Å². The van der Waals surface area contributed by atoms with Gasteiger partial charge in [0.25, 0.3) is 0 Å². The van der Waals surface area contributed by atoms with E-state index in [1.165, 1.54) is 24.9 Å². The minimum Gasteiger partial charge on any atom is -0.337 e. The first-order valence-corrected chi connectivity index (χ1v) is 9.17. The molecule has 1 aromatic carbocycles. The summed E-state index contributed by atoms with van der Waals surface area (Å²) in [5.74, 6) is 1.20. The third-order valence-electron chi connectivity index (χ3n) is 4.21. The summed E-state index contributed by atoms with van der Waals surface area (Å²) >= 11 is 1.95. The number of benzene rings is 1. The minimum atomic E-state index is -0.101.